The molecule has 40 heavy (non-hydrogen) atoms. The van der Waals surface area contributed by atoms with Gasteiger partial charge in [0.05, 0.1) is 19.0 Å². The van der Waals surface area contributed by atoms with Crippen molar-refractivity contribution in [3.63, 3.8) is 0 Å². The summed E-state index contributed by atoms with van der Waals surface area (Å²) in [6, 6.07) is 26.2. The highest BCUT2D eigenvalue weighted by atomic mass is 28.3. The molecule has 2 aliphatic rings. The molecule has 3 aromatic carbocycles. The number of pyridine rings is 1. The first-order chi connectivity index (χ1) is 19.2. The van der Waals surface area contributed by atoms with Crippen LogP contribution in [-0.4, -0.2) is 8.07 Å². The molecular formula is C38H48NSi+. The summed E-state index contributed by atoms with van der Waals surface area (Å²) in [4.78, 5) is 0. The first-order valence-electron chi connectivity index (χ1n) is 15.8. The lowest BCUT2D eigenvalue weighted by molar-refractivity contribution is -0.659. The van der Waals surface area contributed by atoms with Gasteiger partial charge in [-0.2, -0.15) is 0 Å². The number of rotatable bonds is 6. The van der Waals surface area contributed by atoms with Gasteiger partial charge < -0.3 is 0 Å². The van der Waals surface area contributed by atoms with Crippen LogP contribution in [0.5, 0.6) is 0 Å². The summed E-state index contributed by atoms with van der Waals surface area (Å²) in [5, 5.41) is 4.44. The maximum Gasteiger partial charge on any atom is 0.220 e. The number of hydrogen-bond acceptors (Lipinski definition) is 0. The number of benzene rings is 3. The first-order valence-corrected chi connectivity index (χ1v) is 18.8. The molecule has 2 saturated carbocycles. The van der Waals surface area contributed by atoms with E-state index >= 15 is 0 Å². The molecule has 2 fully saturated rings. The molecule has 0 bridgehead atoms. The minimum Gasteiger partial charge on any atom is -0.200 e. The van der Waals surface area contributed by atoms with E-state index in [-0.39, 0.29) is 5.04 Å². The van der Waals surface area contributed by atoms with Crippen molar-refractivity contribution < 1.29 is 4.57 Å². The van der Waals surface area contributed by atoms with Crippen LogP contribution in [0.4, 0.5) is 0 Å². The van der Waals surface area contributed by atoms with Crippen molar-refractivity contribution >= 4 is 24.0 Å². The summed E-state index contributed by atoms with van der Waals surface area (Å²) in [6.45, 7) is 12.4. The van der Waals surface area contributed by atoms with Crippen molar-refractivity contribution in [2.75, 3.05) is 0 Å². The fourth-order valence-corrected chi connectivity index (χ4v) is 10.5. The van der Waals surface area contributed by atoms with Crippen molar-refractivity contribution in [1.82, 2.24) is 0 Å². The Morgan fingerprint density at radius 1 is 0.775 bits per heavy atom. The van der Waals surface area contributed by atoms with Crippen LogP contribution in [0.3, 0.4) is 0 Å². The summed E-state index contributed by atoms with van der Waals surface area (Å²) >= 11 is 0. The normalized spacial score (nSPS) is 17.2. The molecule has 2 heteroatoms. The molecule has 2 aliphatic carbocycles. The third-order valence-electron chi connectivity index (χ3n) is 11.3. The fraction of sp³-hybridized carbons (Fsp3) is 0.447. The maximum atomic E-state index is 2.63. The van der Waals surface area contributed by atoms with E-state index in [9.17, 15) is 0 Å². The average Bonchev–Trinajstić information content (AvgIpc) is 3.69. The summed E-state index contributed by atoms with van der Waals surface area (Å²) < 4.78 is 2.39. The fourth-order valence-electron chi connectivity index (χ4n) is 7.83. The van der Waals surface area contributed by atoms with Crippen LogP contribution >= 0.6 is 0 Å². The van der Waals surface area contributed by atoms with Gasteiger partial charge in [0.25, 0.3) is 0 Å². The zero-order valence-corrected chi connectivity index (χ0v) is 26.7. The molecule has 0 N–H and O–H groups in total. The zero-order valence-electron chi connectivity index (χ0n) is 25.7. The van der Waals surface area contributed by atoms with Crippen LogP contribution in [0.1, 0.15) is 99.3 Å². The Kier molecular flexibility index (Phi) is 7.28. The molecule has 4 aromatic rings. The second-order valence-electron chi connectivity index (χ2n) is 13.9. The molecule has 208 valence electrons. The van der Waals surface area contributed by atoms with Crippen molar-refractivity contribution in [3.05, 3.63) is 95.2 Å². The lowest BCUT2D eigenvalue weighted by Gasteiger charge is -2.41. The smallest absolute Gasteiger partial charge is 0.200 e. The number of aromatic nitrogens is 1. The molecule has 0 radical (unpaired) electrons. The maximum absolute atomic E-state index is 2.63. The Labute approximate surface area is 243 Å². The second-order valence-corrected chi connectivity index (χ2v) is 19.0. The molecule has 0 spiro atoms. The van der Waals surface area contributed by atoms with Crippen LogP contribution in [0, 0.1) is 6.92 Å². The number of aryl methyl sites for hydroxylation is 1. The molecule has 1 heterocycles. The Morgan fingerprint density at radius 2 is 1.43 bits per heavy atom. The van der Waals surface area contributed by atoms with Gasteiger partial charge in [0.15, 0.2) is 6.20 Å². The van der Waals surface area contributed by atoms with E-state index in [1.165, 1.54) is 89.7 Å². The van der Waals surface area contributed by atoms with Crippen molar-refractivity contribution in [2.24, 2.45) is 7.05 Å². The summed E-state index contributed by atoms with van der Waals surface area (Å²) in [7, 11) is 0.400. The molecule has 0 amide bonds. The Morgan fingerprint density at radius 3 is 2.10 bits per heavy atom. The van der Waals surface area contributed by atoms with E-state index in [0.717, 1.165) is 11.8 Å². The quantitative estimate of drug-likeness (QED) is 0.167. The Balaban J connectivity index is 1.49. The molecule has 0 unspecified atom stereocenters. The van der Waals surface area contributed by atoms with Gasteiger partial charge in [0.1, 0.15) is 7.05 Å². The van der Waals surface area contributed by atoms with Gasteiger partial charge in [-0.15, -0.1) is 0 Å². The van der Waals surface area contributed by atoms with Gasteiger partial charge in [-0.05, 0) is 89.3 Å². The minimum atomic E-state index is -1.85. The van der Waals surface area contributed by atoms with Crippen LogP contribution in [0.15, 0.2) is 72.9 Å². The van der Waals surface area contributed by atoms with E-state index in [0.29, 0.717) is 0 Å². The van der Waals surface area contributed by atoms with Gasteiger partial charge in [0.2, 0.25) is 5.69 Å². The molecule has 6 rings (SSSR count). The van der Waals surface area contributed by atoms with Crippen molar-refractivity contribution in [2.45, 2.75) is 102 Å². The van der Waals surface area contributed by atoms with E-state index in [1.54, 1.807) is 11.1 Å². The van der Waals surface area contributed by atoms with Gasteiger partial charge in [-0.25, -0.2) is 4.57 Å². The van der Waals surface area contributed by atoms with E-state index in [4.69, 9.17) is 0 Å². The third-order valence-corrected chi connectivity index (χ3v) is 16.4. The Bertz CT molecular complexity index is 1520. The van der Waals surface area contributed by atoms with Crippen LogP contribution in [0.25, 0.3) is 22.0 Å². The predicted molar refractivity (Wildman–Crippen MR) is 174 cm³/mol. The number of nitrogens with zero attached hydrogens (tertiary/aromatic N) is 1. The van der Waals surface area contributed by atoms with Crippen LogP contribution < -0.4 is 9.75 Å². The predicted octanol–water partition coefficient (Wildman–Crippen LogP) is 9.39. The molecular weight excluding hydrogens is 499 g/mol. The second kappa shape index (κ2) is 10.6. The van der Waals surface area contributed by atoms with E-state index in [2.05, 4.69) is 118 Å². The largest absolute Gasteiger partial charge is 0.220 e. The summed E-state index contributed by atoms with van der Waals surface area (Å²) in [5.74, 6) is 1.47. The number of fused-ring (bicyclic) bond motifs is 1. The molecule has 0 aliphatic heterocycles. The lowest BCUT2D eigenvalue weighted by Crippen LogP contribution is -2.57. The molecule has 0 saturated heterocycles. The highest BCUT2D eigenvalue weighted by molar-refractivity contribution is 6.92. The molecule has 1 nitrogen and oxygen atoms in total. The molecule has 1 aromatic heterocycles. The van der Waals surface area contributed by atoms with E-state index < -0.39 is 8.07 Å². The van der Waals surface area contributed by atoms with Crippen molar-refractivity contribution in [3.8, 4) is 11.3 Å². The average molecular weight is 547 g/mol. The highest BCUT2D eigenvalue weighted by Gasteiger charge is 2.42. The van der Waals surface area contributed by atoms with Gasteiger partial charge in [0, 0.05) is 6.07 Å². The minimum absolute atomic E-state index is 0.132. The summed E-state index contributed by atoms with van der Waals surface area (Å²) in [5.41, 5.74) is 9.07. The lowest BCUT2D eigenvalue weighted by atomic mass is 9.84. The van der Waals surface area contributed by atoms with Gasteiger partial charge >= 0.3 is 0 Å². The van der Waals surface area contributed by atoms with Gasteiger partial charge in [-0.3, -0.25) is 0 Å². The number of hydrogen-bond donors (Lipinski definition) is 0. The highest BCUT2D eigenvalue weighted by Crippen LogP contribution is 2.43. The van der Waals surface area contributed by atoms with Crippen molar-refractivity contribution in [1.29, 1.82) is 0 Å². The summed E-state index contributed by atoms with van der Waals surface area (Å²) in [6.07, 6.45) is 13.3. The van der Waals surface area contributed by atoms with Crippen LogP contribution in [0.2, 0.25) is 13.1 Å². The monoisotopic (exact) mass is 546 g/mol. The third kappa shape index (κ3) is 4.67. The first kappa shape index (κ1) is 27.5. The van der Waals surface area contributed by atoms with Crippen LogP contribution in [-0.2, 0) is 12.1 Å². The van der Waals surface area contributed by atoms with E-state index in [1.807, 2.05) is 0 Å². The SMILES string of the molecule is Cc1c(-c2c3ccc([Si](C)(C)C(C)(C)c4ccccc4)cc3cc[n+]2C)cc(C2CCCC2)cc1C1CCCC1. The van der Waals surface area contributed by atoms with Gasteiger partial charge in [-0.1, -0.05) is 106 Å². The molecule has 0 atom stereocenters. The topological polar surface area (TPSA) is 3.88 Å². The Hall–Kier alpha value is -2.71. The zero-order chi connectivity index (χ0) is 28.1. The standard InChI is InChI=1S/C38H48NSi/c1-27-35(29-16-12-13-17-29)25-31(28-14-10-11-15-28)26-36(27)37-34-21-20-33(24-30(34)22-23-39(37)4)40(5,6)38(2,3)32-18-8-7-9-19-32/h7-9,18-26,28-29H,10-17H2,1-6H3/q+1.